The maximum Gasteiger partial charge on any atom is 0.142 e. The molecule has 3 rings (SSSR count). The molecule has 3 nitrogen and oxygen atoms in total. The Labute approximate surface area is 146 Å². The van der Waals surface area contributed by atoms with Crippen molar-refractivity contribution in [1.82, 2.24) is 0 Å². The van der Waals surface area contributed by atoms with Crippen LogP contribution in [0.25, 0.3) is 0 Å². The summed E-state index contributed by atoms with van der Waals surface area (Å²) < 4.78 is 0. The molecular formula is C21H34O3. The first-order valence-corrected chi connectivity index (χ1v) is 9.98. The zero-order valence-corrected chi connectivity index (χ0v) is 15.4. The molecule has 3 saturated carbocycles. The Morgan fingerprint density at radius 3 is 2.46 bits per heavy atom. The van der Waals surface area contributed by atoms with Crippen molar-refractivity contribution in [2.45, 2.75) is 77.9 Å². The molecule has 3 aliphatic carbocycles. The number of rotatable bonds is 4. The Kier molecular flexibility index (Phi) is 5.22. The third kappa shape index (κ3) is 2.78. The minimum absolute atomic E-state index is 0.00657. The standard InChI is InChI=1S/C21H34O3/c1-13(2)21-12-11-18(23)16(19(21)14(3)20(21)24)9-10-17(22)15-7-5-4-6-8-15/h9-10,13-19,22-23H,4-8,11-12H2,1-3H3/t14?,16-,17-,18+,19-,21+/m1/s1. The summed E-state index contributed by atoms with van der Waals surface area (Å²) >= 11 is 0. The van der Waals surface area contributed by atoms with Crippen molar-refractivity contribution in [3.05, 3.63) is 12.2 Å². The van der Waals surface area contributed by atoms with E-state index >= 15 is 0 Å². The maximum absolute atomic E-state index is 12.6. The van der Waals surface area contributed by atoms with Crippen molar-refractivity contribution >= 4 is 5.78 Å². The fourth-order valence-electron chi connectivity index (χ4n) is 5.97. The van der Waals surface area contributed by atoms with E-state index in [4.69, 9.17) is 0 Å². The fourth-order valence-corrected chi connectivity index (χ4v) is 5.97. The predicted octanol–water partition coefficient (Wildman–Crippen LogP) is 3.73. The number of ketones is 1. The number of carbonyl (C=O) groups excluding carboxylic acids is 1. The van der Waals surface area contributed by atoms with Gasteiger partial charge in [-0.25, -0.2) is 0 Å². The molecule has 0 aromatic rings. The monoisotopic (exact) mass is 334 g/mol. The Bertz CT molecular complexity index is 491. The molecule has 0 amide bonds. The smallest absolute Gasteiger partial charge is 0.142 e. The molecule has 0 heterocycles. The summed E-state index contributed by atoms with van der Waals surface area (Å²) in [4.78, 5) is 12.6. The summed E-state index contributed by atoms with van der Waals surface area (Å²) in [5.74, 6) is 1.34. The van der Waals surface area contributed by atoms with Gasteiger partial charge in [-0.3, -0.25) is 4.79 Å². The molecule has 1 unspecified atom stereocenters. The van der Waals surface area contributed by atoms with Gasteiger partial charge >= 0.3 is 0 Å². The summed E-state index contributed by atoms with van der Waals surface area (Å²) in [6.07, 6.45) is 10.6. The van der Waals surface area contributed by atoms with E-state index in [1.54, 1.807) is 0 Å². The van der Waals surface area contributed by atoms with Gasteiger partial charge in [-0.15, -0.1) is 0 Å². The molecule has 0 aromatic heterocycles. The zero-order valence-electron chi connectivity index (χ0n) is 15.4. The van der Waals surface area contributed by atoms with Crippen molar-refractivity contribution in [2.75, 3.05) is 0 Å². The van der Waals surface area contributed by atoms with Crippen molar-refractivity contribution in [3.63, 3.8) is 0 Å². The van der Waals surface area contributed by atoms with Crippen molar-refractivity contribution < 1.29 is 15.0 Å². The lowest BCUT2D eigenvalue weighted by atomic mass is 9.41. The molecule has 3 heteroatoms. The van der Waals surface area contributed by atoms with E-state index in [1.807, 2.05) is 19.1 Å². The Morgan fingerprint density at radius 2 is 1.83 bits per heavy atom. The number of hydrogen-bond acceptors (Lipinski definition) is 3. The molecule has 0 radical (unpaired) electrons. The molecule has 0 bridgehead atoms. The van der Waals surface area contributed by atoms with E-state index in [2.05, 4.69) is 13.8 Å². The molecule has 0 spiro atoms. The molecule has 136 valence electrons. The van der Waals surface area contributed by atoms with Crippen LogP contribution in [0.15, 0.2) is 12.2 Å². The number of aliphatic hydroxyl groups is 2. The number of aliphatic hydroxyl groups excluding tert-OH is 2. The van der Waals surface area contributed by atoms with Crippen LogP contribution in [0.1, 0.15) is 65.7 Å². The van der Waals surface area contributed by atoms with Crippen LogP contribution in [0.2, 0.25) is 0 Å². The first-order valence-electron chi connectivity index (χ1n) is 9.98. The molecule has 3 fully saturated rings. The molecule has 6 atom stereocenters. The van der Waals surface area contributed by atoms with Gasteiger partial charge in [-0.05, 0) is 43.4 Å². The first kappa shape index (κ1) is 18.1. The van der Waals surface area contributed by atoms with Gasteiger partial charge in [0.2, 0.25) is 0 Å². The van der Waals surface area contributed by atoms with Gasteiger partial charge < -0.3 is 10.2 Å². The second-order valence-corrected chi connectivity index (χ2v) is 8.83. The predicted molar refractivity (Wildman–Crippen MR) is 95.4 cm³/mol. The van der Waals surface area contributed by atoms with Gasteiger partial charge in [0.05, 0.1) is 12.2 Å². The topological polar surface area (TPSA) is 57.5 Å². The van der Waals surface area contributed by atoms with Crippen LogP contribution in [-0.2, 0) is 4.79 Å². The molecular weight excluding hydrogens is 300 g/mol. The maximum atomic E-state index is 12.6. The summed E-state index contributed by atoms with van der Waals surface area (Å²) in [6, 6.07) is 0. The van der Waals surface area contributed by atoms with Gasteiger partial charge in [-0.1, -0.05) is 52.2 Å². The normalized spacial score (nSPS) is 42.2. The molecule has 3 aliphatic rings. The molecule has 0 aliphatic heterocycles. The van der Waals surface area contributed by atoms with E-state index in [-0.39, 0.29) is 29.3 Å². The number of carbonyl (C=O) groups is 1. The van der Waals surface area contributed by atoms with Crippen LogP contribution in [0.5, 0.6) is 0 Å². The summed E-state index contributed by atoms with van der Waals surface area (Å²) in [5.41, 5.74) is -0.247. The van der Waals surface area contributed by atoms with Crippen LogP contribution in [0.4, 0.5) is 0 Å². The van der Waals surface area contributed by atoms with Gasteiger partial charge in [0.25, 0.3) is 0 Å². The summed E-state index contributed by atoms with van der Waals surface area (Å²) in [7, 11) is 0. The number of hydrogen-bond donors (Lipinski definition) is 2. The van der Waals surface area contributed by atoms with Crippen LogP contribution < -0.4 is 0 Å². The Balaban J connectivity index is 1.75. The highest BCUT2D eigenvalue weighted by atomic mass is 16.3. The second-order valence-electron chi connectivity index (χ2n) is 8.83. The van der Waals surface area contributed by atoms with Gasteiger partial charge in [0.1, 0.15) is 5.78 Å². The first-order chi connectivity index (χ1) is 11.4. The summed E-state index contributed by atoms with van der Waals surface area (Å²) in [6.45, 7) is 6.31. The lowest BCUT2D eigenvalue weighted by Gasteiger charge is -2.61. The van der Waals surface area contributed by atoms with Crippen molar-refractivity contribution in [3.8, 4) is 0 Å². The Morgan fingerprint density at radius 1 is 1.17 bits per heavy atom. The average molecular weight is 335 g/mol. The van der Waals surface area contributed by atoms with E-state index in [1.165, 1.54) is 19.3 Å². The molecule has 24 heavy (non-hydrogen) atoms. The largest absolute Gasteiger partial charge is 0.393 e. The SMILES string of the molecule is CC1C(=O)[C@]2(C(C)C)CC[C@H](O)[C@@H](C=C[C@@H](O)C3CCCCC3)[C@@H]12. The van der Waals surface area contributed by atoms with Crippen LogP contribution in [0.3, 0.4) is 0 Å². The zero-order chi connectivity index (χ0) is 17.5. The van der Waals surface area contributed by atoms with E-state index < -0.39 is 6.10 Å². The second kappa shape index (κ2) is 6.92. The minimum atomic E-state index is -0.404. The quantitative estimate of drug-likeness (QED) is 0.770. The van der Waals surface area contributed by atoms with Crippen molar-refractivity contribution in [2.24, 2.45) is 35.0 Å². The van der Waals surface area contributed by atoms with Crippen LogP contribution in [-0.4, -0.2) is 28.2 Å². The Hall–Kier alpha value is -0.670. The van der Waals surface area contributed by atoms with E-state index in [0.29, 0.717) is 24.0 Å². The average Bonchev–Trinajstić information content (AvgIpc) is 2.59. The highest BCUT2D eigenvalue weighted by molar-refractivity contribution is 5.94. The highest BCUT2D eigenvalue weighted by Gasteiger charge is 2.65. The molecule has 0 aromatic carbocycles. The molecule has 0 saturated heterocycles. The van der Waals surface area contributed by atoms with Gasteiger partial charge in [-0.2, -0.15) is 0 Å². The fraction of sp³-hybridized carbons (Fsp3) is 0.857. The number of Topliss-reactive ketones (excluding diaryl/α,β-unsaturated/α-hetero) is 1. The van der Waals surface area contributed by atoms with E-state index in [9.17, 15) is 15.0 Å². The van der Waals surface area contributed by atoms with E-state index in [0.717, 1.165) is 19.3 Å². The lowest BCUT2D eigenvalue weighted by molar-refractivity contribution is -0.182. The van der Waals surface area contributed by atoms with Crippen LogP contribution in [0, 0.1) is 35.0 Å². The summed E-state index contributed by atoms with van der Waals surface area (Å²) in [5, 5.41) is 21.1. The van der Waals surface area contributed by atoms with Gasteiger partial charge in [0, 0.05) is 17.3 Å². The van der Waals surface area contributed by atoms with Crippen molar-refractivity contribution in [1.29, 1.82) is 0 Å². The number of fused-ring (bicyclic) bond motifs is 1. The third-order valence-electron chi connectivity index (χ3n) is 7.41. The highest BCUT2D eigenvalue weighted by Crippen LogP contribution is 2.62. The van der Waals surface area contributed by atoms with Gasteiger partial charge in [0.15, 0.2) is 0 Å². The van der Waals surface area contributed by atoms with Crippen LogP contribution >= 0.6 is 0 Å². The lowest BCUT2D eigenvalue weighted by Crippen LogP contribution is -2.65. The molecule has 2 N–H and O–H groups in total. The third-order valence-corrected chi connectivity index (χ3v) is 7.41. The minimum Gasteiger partial charge on any atom is -0.393 e.